The molecule has 0 saturated heterocycles. The number of hydrogen-bond acceptors (Lipinski definition) is 5. The van der Waals surface area contributed by atoms with Crippen molar-refractivity contribution in [1.29, 1.82) is 0 Å². The quantitative estimate of drug-likeness (QED) is 0.613. The number of aryl methyl sites for hydroxylation is 2. The second-order valence-corrected chi connectivity index (χ2v) is 6.25. The van der Waals surface area contributed by atoms with Gasteiger partial charge in [-0.15, -0.1) is 0 Å². The summed E-state index contributed by atoms with van der Waals surface area (Å²) in [5, 5.41) is 9.54. The monoisotopic (exact) mass is 320 g/mol. The molecule has 1 unspecified atom stereocenters. The van der Waals surface area contributed by atoms with Gasteiger partial charge in [-0.3, -0.25) is 4.68 Å². The molecule has 4 aromatic rings. The molecule has 120 valence electrons. The Labute approximate surface area is 137 Å². The smallest absolute Gasteiger partial charge is 0.230 e. The number of aromatic nitrogens is 6. The maximum atomic E-state index is 5.54. The minimum Gasteiger partial charge on any atom is -0.346 e. The van der Waals surface area contributed by atoms with Crippen LogP contribution in [0.25, 0.3) is 22.6 Å². The zero-order valence-electron chi connectivity index (χ0n) is 13.2. The predicted octanol–water partition coefficient (Wildman–Crippen LogP) is 2.62. The number of nitrogens with zero attached hydrogens (tertiary/aromatic N) is 5. The molecular weight excluding hydrogens is 304 g/mol. The Hall–Kier alpha value is -2.96. The molecule has 1 atom stereocenters. The first-order valence-corrected chi connectivity index (χ1v) is 8.06. The number of H-pyrrole nitrogens is 1. The van der Waals surface area contributed by atoms with Crippen LogP contribution in [-0.4, -0.2) is 29.9 Å². The third-order valence-electron chi connectivity index (χ3n) is 4.78. The molecule has 4 aromatic heterocycles. The lowest BCUT2D eigenvalue weighted by Gasteiger charge is -2.19. The average Bonchev–Trinajstić information content (AvgIpc) is 3.33. The lowest BCUT2D eigenvalue weighted by Crippen LogP contribution is -2.15. The number of pyridine rings is 1. The zero-order valence-corrected chi connectivity index (χ0v) is 13.2. The fraction of sp³-hybridized carbons (Fsp3) is 0.294. The van der Waals surface area contributed by atoms with Crippen molar-refractivity contribution in [2.75, 3.05) is 0 Å². The molecule has 1 N–H and O–H groups in total. The van der Waals surface area contributed by atoms with Gasteiger partial charge in [-0.2, -0.15) is 10.1 Å². The van der Waals surface area contributed by atoms with Crippen molar-refractivity contribution in [3.05, 3.63) is 47.7 Å². The normalized spacial score (nSPS) is 17.3. The summed E-state index contributed by atoms with van der Waals surface area (Å²) in [5.41, 5.74) is 4.14. The van der Waals surface area contributed by atoms with Gasteiger partial charge in [0.05, 0.1) is 6.20 Å². The molecule has 0 fully saturated rings. The molecule has 0 bridgehead atoms. The number of fused-ring (bicyclic) bond motifs is 2. The molecule has 1 aliphatic carbocycles. The van der Waals surface area contributed by atoms with E-state index < -0.39 is 0 Å². The molecule has 5 rings (SSSR count). The maximum Gasteiger partial charge on any atom is 0.230 e. The molecule has 0 radical (unpaired) electrons. The van der Waals surface area contributed by atoms with Gasteiger partial charge in [-0.1, -0.05) is 5.16 Å². The van der Waals surface area contributed by atoms with Gasteiger partial charge in [0.25, 0.3) is 0 Å². The molecular formula is C17H16N6O. The molecule has 0 spiro atoms. The summed E-state index contributed by atoms with van der Waals surface area (Å²) in [7, 11) is 1.98. The van der Waals surface area contributed by atoms with Crippen molar-refractivity contribution in [1.82, 2.24) is 29.9 Å². The van der Waals surface area contributed by atoms with Gasteiger partial charge in [0, 0.05) is 36.7 Å². The number of rotatable bonds is 2. The van der Waals surface area contributed by atoms with Crippen molar-refractivity contribution in [2.45, 2.75) is 25.2 Å². The van der Waals surface area contributed by atoms with Gasteiger partial charge in [-0.05, 0) is 36.6 Å². The van der Waals surface area contributed by atoms with E-state index in [1.165, 1.54) is 11.3 Å². The SMILES string of the molecule is Cn1ncc2c1CC(c1nc(-c3ccc4cc[nH]c4n3)no1)CC2. The van der Waals surface area contributed by atoms with Crippen LogP contribution >= 0.6 is 0 Å². The molecule has 0 saturated carbocycles. The second kappa shape index (κ2) is 5.02. The van der Waals surface area contributed by atoms with Crippen LogP contribution in [0.1, 0.15) is 29.5 Å². The standard InChI is InChI=1S/C17H16N6O/c1-23-14-8-11(2-3-12(14)9-19-23)17-21-16(22-24-17)13-5-4-10-6-7-18-15(10)20-13/h4-7,9,11H,2-3,8H2,1H3,(H,18,20). The van der Waals surface area contributed by atoms with E-state index in [0.29, 0.717) is 11.7 Å². The fourth-order valence-electron chi connectivity index (χ4n) is 3.42. The van der Waals surface area contributed by atoms with Crippen LogP contribution in [0.4, 0.5) is 0 Å². The summed E-state index contributed by atoms with van der Waals surface area (Å²) in [6.45, 7) is 0. The van der Waals surface area contributed by atoms with E-state index in [-0.39, 0.29) is 5.92 Å². The minimum absolute atomic E-state index is 0.239. The number of nitrogens with one attached hydrogen (secondary N) is 1. The van der Waals surface area contributed by atoms with Crippen molar-refractivity contribution in [3.63, 3.8) is 0 Å². The van der Waals surface area contributed by atoms with E-state index >= 15 is 0 Å². The topological polar surface area (TPSA) is 85.4 Å². The minimum atomic E-state index is 0.239. The number of hydrogen-bond donors (Lipinski definition) is 1. The van der Waals surface area contributed by atoms with Crippen LogP contribution in [0.15, 0.2) is 35.1 Å². The Morgan fingerprint density at radius 2 is 2.21 bits per heavy atom. The molecule has 7 nitrogen and oxygen atoms in total. The highest BCUT2D eigenvalue weighted by molar-refractivity contribution is 5.77. The first-order chi connectivity index (χ1) is 11.8. The van der Waals surface area contributed by atoms with Gasteiger partial charge in [-0.25, -0.2) is 4.98 Å². The van der Waals surface area contributed by atoms with E-state index in [0.717, 1.165) is 36.0 Å². The van der Waals surface area contributed by atoms with Gasteiger partial charge in [0.2, 0.25) is 11.7 Å². The van der Waals surface area contributed by atoms with Crippen LogP contribution in [0, 0.1) is 0 Å². The molecule has 0 aliphatic heterocycles. The Morgan fingerprint density at radius 1 is 1.25 bits per heavy atom. The van der Waals surface area contributed by atoms with E-state index in [1.54, 1.807) is 0 Å². The average molecular weight is 320 g/mol. The summed E-state index contributed by atoms with van der Waals surface area (Å²) in [4.78, 5) is 12.3. The van der Waals surface area contributed by atoms with E-state index in [2.05, 4.69) is 25.2 Å². The van der Waals surface area contributed by atoms with Crippen LogP contribution < -0.4 is 0 Å². The lowest BCUT2D eigenvalue weighted by molar-refractivity contribution is 0.338. The Kier molecular flexibility index (Phi) is 2.82. The van der Waals surface area contributed by atoms with Crippen LogP contribution in [0.2, 0.25) is 0 Å². The molecule has 24 heavy (non-hydrogen) atoms. The highest BCUT2D eigenvalue weighted by Crippen LogP contribution is 2.32. The van der Waals surface area contributed by atoms with Gasteiger partial charge in [0.1, 0.15) is 11.3 Å². The van der Waals surface area contributed by atoms with Gasteiger partial charge >= 0.3 is 0 Å². The number of aromatic amines is 1. The zero-order chi connectivity index (χ0) is 16.1. The second-order valence-electron chi connectivity index (χ2n) is 6.25. The summed E-state index contributed by atoms with van der Waals surface area (Å²) >= 11 is 0. The van der Waals surface area contributed by atoms with Crippen molar-refractivity contribution in [3.8, 4) is 11.5 Å². The molecule has 7 heteroatoms. The molecule has 0 amide bonds. The summed E-state index contributed by atoms with van der Waals surface area (Å²) < 4.78 is 7.49. The summed E-state index contributed by atoms with van der Waals surface area (Å²) in [6, 6.07) is 5.92. The molecule has 0 aromatic carbocycles. The summed E-state index contributed by atoms with van der Waals surface area (Å²) in [5.74, 6) is 1.46. The third-order valence-corrected chi connectivity index (χ3v) is 4.78. The Bertz CT molecular complexity index is 1030. The highest BCUT2D eigenvalue weighted by Gasteiger charge is 2.27. The van der Waals surface area contributed by atoms with Crippen LogP contribution in [-0.2, 0) is 19.9 Å². The van der Waals surface area contributed by atoms with Crippen LogP contribution in [0.3, 0.4) is 0 Å². The maximum absolute atomic E-state index is 5.54. The van der Waals surface area contributed by atoms with E-state index in [4.69, 9.17) is 4.52 Å². The first kappa shape index (κ1) is 13.5. The Morgan fingerprint density at radius 3 is 3.17 bits per heavy atom. The Balaban J connectivity index is 1.46. The summed E-state index contributed by atoms with van der Waals surface area (Å²) in [6.07, 6.45) is 6.72. The van der Waals surface area contributed by atoms with Crippen LogP contribution in [0.5, 0.6) is 0 Å². The van der Waals surface area contributed by atoms with Gasteiger partial charge in [0.15, 0.2) is 0 Å². The van der Waals surface area contributed by atoms with Crippen molar-refractivity contribution in [2.24, 2.45) is 7.05 Å². The van der Waals surface area contributed by atoms with E-state index in [9.17, 15) is 0 Å². The predicted molar refractivity (Wildman–Crippen MR) is 87.4 cm³/mol. The fourth-order valence-corrected chi connectivity index (χ4v) is 3.42. The molecule has 1 aliphatic rings. The highest BCUT2D eigenvalue weighted by atomic mass is 16.5. The lowest BCUT2D eigenvalue weighted by atomic mass is 9.88. The van der Waals surface area contributed by atoms with Crippen molar-refractivity contribution < 1.29 is 4.52 Å². The van der Waals surface area contributed by atoms with E-state index in [1.807, 2.05) is 42.3 Å². The van der Waals surface area contributed by atoms with Gasteiger partial charge < -0.3 is 9.51 Å². The first-order valence-electron chi connectivity index (χ1n) is 8.06. The van der Waals surface area contributed by atoms with Crippen molar-refractivity contribution >= 4 is 11.0 Å². The third kappa shape index (κ3) is 2.05. The molecule has 4 heterocycles. The largest absolute Gasteiger partial charge is 0.346 e.